The summed E-state index contributed by atoms with van der Waals surface area (Å²) in [6, 6.07) is 6.06. The SMILES string of the molecule is COc1ccc(CN2CCOC3(CCCCN(C)C3=O)C2)cc1OC(C)C. The van der Waals surface area contributed by atoms with Crippen LogP contribution in [0.1, 0.15) is 38.7 Å². The zero-order chi connectivity index (χ0) is 19.4. The second kappa shape index (κ2) is 8.48. The first kappa shape index (κ1) is 20.0. The minimum absolute atomic E-state index is 0.0833. The van der Waals surface area contributed by atoms with Gasteiger partial charge in [0.05, 0.1) is 19.8 Å². The predicted molar refractivity (Wildman–Crippen MR) is 104 cm³/mol. The van der Waals surface area contributed by atoms with Crippen molar-refractivity contribution in [2.24, 2.45) is 0 Å². The molecule has 0 bridgehead atoms. The highest BCUT2D eigenvalue weighted by Gasteiger charge is 2.45. The molecular formula is C21H32N2O4. The summed E-state index contributed by atoms with van der Waals surface area (Å²) in [5.74, 6) is 1.63. The molecule has 6 nitrogen and oxygen atoms in total. The normalized spacial score (nSPS) is 24.3. The Morgan fingerprint density at radius 1 is 1.22 bits per heavy atom. The average molecular weight is 376 g/mol. The standard InChI is InChI=1S/C21H32N2O4/c1-16(2)27-19-13-17(7-8-18(19)25-4)14-23-11-12-26-21(15-23)9-5-6-10-22(3)20(21)24/h7-8,13,16H,5-6,9-12,14-15H2,1-4H3. The lowest BCUT2D eigenvalue weighted by Crippen LogP contribution is -2.59. The zero-order valence-electron chi connectivity index (χ0n) is 17.0. The van der Waals surface area contributed by atoms with Crippen molar-refractivity contribution in [3.8, 4) is 11.5 Å². The number of hydrogen-bond acceptors (Lipinski definition) is 5. The molecule has 1 unspecified atom stereocenters. The maximum Gasteiger partial charge on any atom is 0.255 e. The van der Waals surface area contributed by atoms with E-state index < -0.39 is 5.60 Å². The van der Waals surface area contributed by atoms with Crippen LogP contribution in [0.3, 0.4) is 0 Å². The van der Waals surface area contributed by atoms with Crippen molar-refractivity contribution in [2.75, 3.05) is 40.4 Å². The molecule has 1 amide bonds. The Balaban J connectivity index is 1.75. The second-order valence-electron chi connectivity index (χ2n) is 7.89. The third-order valence-corrected chi connectivity index (χ3v) is 5.32. The van der Waals surface area contributed by atoms with Gasteiger partial charge in [0.2, 0.25) is 0 Å². The van der Waals surface area contributed by atoms with Crippen LogP contribution in [0.4, 0.5) is 0 Å². The lowest BCUT2D eigenvalue weighted by Gasteiger charge is -2.42. The molecule has 2 aliphatic rings. The van der Waals surface area contributed by atoms with Gasteiger partial charge in [-0.3, -0.25) is 9.69 Å². The molecule has 6 heteroatoms. The van der Waals surface area contributed by atoms with Crippen molar-refractivity contribution in [1.82, 2.24) is 9.80 Å². The van der Waals surface area contributed by atoms with Gasteiger partial charge in [0.25, 0.3) is 5.91 Å². The molecule has 0 N–H and O–H groups in total. The van der Waals surface area contributed by atoms with E-state index in [-0.39, 0.29) is 12.0 Å². The number of rotatable bonds is 5. The number of morpholine rings is 1. The van der Waals surface area contributed by atoms with Crippen LogP contribution < -0.4 is 9.47 Å². The Kier molecular flexibility index (Phi) is 6.27. The summed E-state index contributed by atoms with van der Waals surface area (Å²) < 4.78 is 17.4. The highest BCUT2D eigenvalue weighted by atomic mass is 16.5. The first-order valence-electron chi connectivity index (χ1n) is 9.89. The monoisotopic (exact) mass is 376 g/mol. The van der Waals surface area contributed by atoms with Gasteiger partial charge in [0, 0.05) is 33.2 Å². The molecule has 0 aliphatic carbocycles. The highest BCUT2D eigenvalue weighted by molar-refractivity contribution is 5.85. The maximum absolute atomic E-state index is 12.9. The molecule has 2 heterocycles. The van der Waals surface area contributed by atoms with Gasteiger partial charge < -0.3 is 19.1 Å². The van der Waals surface area contributed by atoms with Crippen LogP contribution >= 0.6 is 0 Å². The number of amides is 1. The predicted octanol–water partition coefficient (Wildman–Crippen LogP) is 2.70. The number of carbonyl (C=O) groups excluding carboxylic acids is 1. The molecule has 2 fully saturated rings. The number of carbonyl (C=O) groups is 1. The third-order valence-electron chi connectivity index (χ3n) is 5.32. The van der Waals surface area contributed by atoms with Crippen molar-refractivity contribution in [3.63, 3.8) is 0 Å². The van der Waals surface area contributed by atoms with Crippen molar-refractivity contribution in [1.29, 1.82) is 0 Å². The first-order chi connectivity index (χ1) is 12.9. The van der Waals surface area contributed by atoms with E-state index in [0.717, 1.165) is 56.0 Å². The fraction of sp³-hybridized carbons (Fsp3) is 0.667. The first-order valence-corrected chi connectivity index (χ1v) is 9.89. The van der Waals surface area contributed by atoms with E-state index in [1.807, 2.05) is 37.9 Å². The quantitative estimate of drug-likeness (QED) is 0.791. The Hall–Kier alpha value is -1.79. The van der Waals surface area contributed by atoms with Gasteiger partial charge in [-0.2, -0.15) is 0 Å². The van der Waals surface area contributed by atoms with Gasteiger partial charge in [-0.05, 0) is 50.8 Å². The van der Waals surface area contributed by atoms with Gasteiger partial charge in [-0.25, -0.2) is 0 Å². The smallest absolute Gasteiger partial charge is 0.255 e. The van der Waals surface area contributed by atoms with E-state index in [1.54, 1.807) is 7.11 Å². The lowest BCUT2D eigenvalue weighted by molar-refractivity contribution is -0.169. The minimum atomic E-state index is -0.687. The van der Waals surface area contributed by atoms with Crippen LogP contribution in [0.25, 0.3) is 0 Å². The number of ether oxygens (including phenoxy) is 3. The highest BCUT2D eigenvalue weighted by Crippen LogP contribution is 2.32. The average Bonchev–Trinajstić information content (AvgIpc) is 2.76. The molecule has 150 valence electrons. The molecule has 1 spiro atoms. The molecule has 1 atom stereocenters. The molecule has 27 heavy (non-hydrogen) atoms. The van der Waals surface area contributed by atoms with E-state index in [2.05, 4.69) is 11.0 Å². The van der Waals surface area contributed by atoms with Gasteiger partial charge in [0.15, 0.2) is 17.1 Å². The summed E-state index contributed by atoms with van der Waals surface area (Å²) in [5.41, 5.74) is 0.464. The molecule has 0 saturated carbocycles. The van der Waals surface area contributed by atoms with Gasteiger partial charge >= 0.3 is 0 Å². The maximum atomic E-state index is 12.9. The van der Waals surface area contributed by atoms with E-state index in [1.165, 1.54) is 0 Å². The number of benzene rings is 1. The topological polar surface area (TPSA) is 51.2 Å². The zero-order valence-corrected chi connectivity index (χ0v) is 17.0. The Morgan fingerprint density at radius 2 is 2.04 bits per heavy atom. The van der Waals surface area contributed by atoms with Crippen LogP contribution in [-0.4, -0.2) is 67.8 Å². The molecule has 2 aliphatic heterocycles. The summed E-state index contributed by atoms with van der Waals surface area (Å²) >= 11 is 0. The molecule has 3 rings (SSSR count). The van der Waals surface area contributed by atoms with Gasteiger partial charge in [-0.15, -0.1) is 0 Å². The van der Waals surface area contributed by atoms with Gasteiger partial charge in [-0.1, -0.05) is 6.07 Å². The third kappa shape index (κ3) is 4.55. The van der Waals surface area contributed by atoms with Crippen molar-refractivity contribution < 1.29 is 19.0 Å². The molecular weight excluding hydrogens is 344 g/mol. The number of likely N-dealkylation sites (N-methyl/N-ethyl adjacent to an activating group) is 1. The number of hydrogen-bond donors (Lipinski definition) is 0. The fourth-order valence-electron chi connectivity index (χ4n) is 4.01. The number of methoxy groups -OCH3 is 1. The van der Waals surface area contributed by atoms with Crippen LogP contribution in [0.5, 0.6) is 11.5 Å². The molecule has 0 aromatic heterocycles. The minimum Gasteiger partial charge on any atom is -0.493 e. The van der Waals surface area contributed by atoms with E-state index in [9.17, 15) is 4.79 Å². The Bertz CT molecular complexity index is 664. The summed E-state index contributed by atoms with van der Waals surface area (Å²) in [6.07, 6.45) is 2.96. The van der Waals surface area contributed by atoms with E-state index >= 15 is 0 Å². The Labute approximate surface area is 162 Å². The molecule has 2 saturated heterocycles. The van der Waals surface area contributed by atoms with Crippen molar-refractivity contribution >= 4 is 5.91 Å². The van der Waals surface area contributed by atoms with Crippen LogP contribution in [0.15, 0.2) is 18.2 Å². The molecule has 1 aromatic carbocycles. The van der Waals surface area contributed by atoms with E-state index in [4.69, 9.17) is 14.2 Å². The summed E-state index contributed by atoms with van der Waals surface area (Å²) in [4.78, 5) is 17.1. The molecule has 0 radical (unpaired) electrons. The van der Waals surface area contributed by atoms with Crippen molar-refractivity contribution in [3.05, 3.63) is 23.8 Å². The lowest BCUT2D eigenvalue weighted by atomic mass is 9.94. The summed E-state index contributed by atoms with van der Waals surface area (Å²) in [6.45, 7) is 7.65. The summed E-state index contributed by atoms with van der Waals surface area (Å²) in [5, 5.41) is 0. The van der Waals surface area contributed by atoms with Gasteiger partial charge in [0.1, 0.15) is 0 Å². The van der Waals surface area contributed by atoms with Crippen LogP contribution in [0, 0.1) is 0 Å². The fourth-order valence-corrected chi connectivity index (χ4v) is 4.01. The molecule has 1 aromatic rings. The number of nitrogens with zero attached hydrogens (tertiary/aromatic N) is 2. The summed E-state index contributed by atoms with van der Waals surface area (Å²) in [7, 11) is 3.54. The van der Waals surface area contributed by atoms with Crippen molar-refractivity contribution in [2.45, 2.75) is 51.4 Å². The Morgan fingerprint density at radius 3 is 2.78 bits per heavy atom. The number of likely N-dealkylation sites (tertiary alicyclic amines) is 1. The van der Waals surface area contributed by atoms with Crippen LogP contribution in [-0.2, 0) is 16.1 Å². The second-order valence-corrected chi connectivity index (χ2v) is 7.89. The largest absolute Gasteiger partial charge is 0.493 e. The van der Waals surface area contributed by atoms with E-state index in [0.29, 0.717) is 13.2 Å². The van der Waals surface area contributed by atoms with Crippen LogP contribution in [0.2, 0.25) is 0 Å².